The highest BCUT2D eigenvalue weighted by atomic mass is 19.1. The monoisotopic (exact) mass is 420 g/mol. The lowest BCUT2D eigenvalue weighted by molar-refractivity contribution is -0.120. The minimum atomic E-state index is -0.301. The van der Waals surface area contributed by atoms with Crippen LogP contribution in [-0.4, -0.2) is 28.1 Å². The third-order valence-electron chi connectivity index (χ3n) is 5.66. The van der Waals surface area contributed by atoms with Gasteiger partial charge >= 0.3 is 0 Å². The molecule has 0 radical (unpaired) electrons. The third kappa shape index (κ3) is 4.50. The van der Waals surface area contributed by atoms with Crippen LogP contribution < -0.4 is 10.2 Å². The number of aryl methyl sites for hydroxylation is 1. The van der Waals surface area contributed by atoms with Crippen LogP contribution >= 0.6 is 0 Å². The minimum absolute atomic E-state index is 0.0938. The van der Waals surface area contributed by atoms with Gasteiger partial charge in [-0.1, -0.05) is 12.1 Å². The normalized spacial score (nSPS) is 13.6. The van der Waals surface area contributed by atoms with Gasteiger partial charge in [0.2, 0.25) is 11.8 Å². The molecule has 31 heavy (non-hydrogen) atoms. The fourth-order valence-corrected chi connectivity index (χ4v) is 3.90. The average Bonchev–Trinajstić information content (AvgIpc) is 3.31. The number of halogens is 1. The van der Waals surface area contributed by atoms with E-state index < -0.39 is 0 Å². The molecule has 6 nitrogen and oxygen atoms in total. The van der Waals surface area contributed by atoms with Gasteiger partial charge in [-0.25, -0.2) is 9.07 Å². The molecule has 2 amide bonds. The van der Waals surface area contributed by atoms with Crippen molar-refractivity contribution in [2.45, 2.75) is 39.7 Å². The predicted molar refractivity (Wildman–Crippen MR) is 117 cm³/mol. The van der Waals surface area contributed by atoms with E-state index in [9.17, 15) is 14.0 Å². The van der Waals surface area contributed by atoms with Gasteiger partial charge in [0, 0.05) is 36.5 Å². The molecule has 0 bridgehead atoms. The van der Waals surface area contributed by atoms with Crippen molar-refractivity contribution >= 4 is 17.5 Å². The van der Waals surface area contributed by atoms with Crippen LogP contribution in [0.4, 0.5) is 10.1 Å². The molecule has 0 aliphatic carbocycles. The highest BCUT2D eigenvalue weighted by Gasteiger charge is 2.21. The molecule has 1 N–H and O–H groups in total. The fraction of sp³-hybridized carbons (Fsp3) is 0.292. The lowest BCUT2D eigenvalue weighted by Crippen LogP contribution is -2.25. The van der Waals surface area contributed by atoms with Crippen LogP contribution in [0.25, 0.3) is 5.69 Å². The quantitative estimate of drug-likeness (QED) is 0.662. The Morgan fingerprint density at radius 3 is 2.39 bits per heavy atom. The molecule has 1 aromatic heterocycles. The Hall–Kier alpha value is -3.48. The molecule has 0 atom stereocenters. The summed E-state index contributed by atoms with van der Waals surface area (Å²) in [4.78, 5) is 26.2. The van der Waals surface area contributed by atoms with E-state index in [4.69, 9.17) is 0 Å². The number of amides is 2. The number of rotatable bonds is 6. The Kier molecular flexibility index (Phi) is 5.84. The number of benzene rings is 2. The summed E-state index contributed by atoms with van der Waals surface area (Å²) in [7, 11) is 0. The van der Waals surface area contributed by atoms with E-state index in [0.717, 1.165) is 46.9 Å². The standard InChI is InChI=1S/C24H25FN4O2/c1-16-22(17(2)29(27-16)21-11-7-19(25)8-12-21)14-23(30)26-15-18-5-9-20(10-6-18)28-13-3-4-24(28)31/h5-12H,3-4,13-15H2,1-2H3,(H,26,30). The molecular formula is C24H25FN4O2. The second kappa shape index (κ2) is 8.71. The lowest BCUT2D eigenvalue weighted by atomic mass is 10.1. The molecule has 7 heteroatoms. The summed E-state index contributed by atoms with van der Waals surface area (Å²) in [5, 5.41) is 7.47. The molecule has 4 rings (SSSR count). The maximum absolute atomic E-state index is 13.2. The third-order valence-corrected chi connectivity index (χ3v) is 5.66. The summed E-state index contributed by atoms with van der Waals surface area (Å²) in [5.41, 5.74) is 5.13. The van der Waals surface area contributed by atoms with E-state index in [-0.39, 0.29) is 24.1 Å². The van der Waals surface area contributed by atoms with Gasteiger partial charge in [-0.2, -0.15) is 5.10 Å². The number of nitrogens with one attached hydrogen (secondary N) is 1. The Labute approximate surface area is 180 Å². The average molecular weight is 420 g/mol. The van der Waals surface area contributed by atoms with Crippen molar-refractivity contribution in [3.8, 4) is 5.69 Å². The first-order valence-corrected chi connectivity index (χ1v) is 10.4. The molecule has 1 aliphatic heterocycles. The SMILES string of the molecule is Cc1nn(-c2ccc(F)cc2)c(C)c1CC(=O)NCc1ccc(N2CCCC2=O)cc1. The Morgan fingerprint density at radius 2 is 1.74 bits per heavy atom. The van der Waals surface area contributed by atoms with Crippen molar-refractivity contribution in [1.82, 2.24) is 15.1 Å². The van der Waals surface area contributed by atoms with Crippen molar-refractivity contribution in [2.75, 3.05) is 11.4 Å². The molecular weight excluding hydrogens is 395 g/mol. The molecule has 1 fully saturated rings. The summed E-state index contributed by atoms with van der Waals surface area (Å²) < 4.78 is 14.9. The maximum Gasteiger partial charge on any atom is 0.227 e. The number of nitrogens with zero attached hydrogens (tertiary/aromatic N) is 3. The number of carbonyl (C=O) groups is 2. The molecule has 0 spiro atoms. The first-order valence-electron chi connectivity index (χ1n) is 10.4. The summed E-state index contributed by atoms with van der Waals surface area (Å²) in [5.74, 6) is -0.235. The van der Waals surface area contributed by atoms with E-state index in [2.05, 4.69) is 10.4 Å². The zero-order valence-corrected chi connectivity index (χ0v) is 17.7. The summed E-state index contributed by atoms with van der Waals surface area (Å²) in [6.07, 6.45) is 1.72. The van der Waals surface area contributed by atoms with Crippen molar-refractivity contribution in [2.24, 2.45) is 0 Å². The smallest absolute Gasteiger partial charge is 0.227 e. The largest absolute Gasteiger partial charge is 0.352 e. The van der Waals surface area contributed by atoms with Crippen molar-refractivity contribution < 1.29 is 14.0 Å². The Balaban J connectivity index is 1.38. The number of carbonyl (C=O) groups excluding carboxylic acids is 2. The summed E-state index contributed by atoms with van der Waals surface area (Å²) in [6, 6.07) is 13.8. The van der Waals surface area contributed by atoms with Crippen LogP contribution in [0.15, 0.2) is 48.5 Å². The van der Waals surface area contributed by atoms with Crippen molar-refractivity contribution in [3.05, 3.63) is 76.9 Å². The Bertz CT molecular complexity index is 1100. The zero-order valence-electron chi connectivity index (χ0n) is 17.7. The van der Waals surface area contributed by atoms with Crippen molar-refractivity contribution in [3.63, 3.8) is 0 Å². The zero-order chi connectivity index (χ0) is 22.0. The van der Waals surface area contributed by atoms with E-state index in [1.165, 1.54) is 12.1 Å². The van der Waals surface area contributed by atoms with Gasteiger partial charge < -0.3 is 10.2 Å². The molecule has 0 saturated carbocycles. The van der Waals surface area contributed by atoms with Crippen LogP contribution in [0.5, 0.6) is 0 Å². The molecule has 160 valence electrons. The number of aromatic nitrogens is 2. The van der Waals surface area contributed by atoms with E-state index in [0.29, 0.717) is 13.0 Å². The number of hydrogen-bond donors (Lipinski definition) is 1. The van der Waals surface area contributed by atoms with Gasteiger partial charge in [-0.15, -0.1) is 0 Å². The molecule has 2 aromatic carbocycles. The Morgan fingerprint density at radius 1 is 1.06 bits per heavy atom. The second-order valence-corrected chi connectivity index (χ2v) is 7.81. The van der Waals surface area contributed by atoms with Gasteiger partial charge in [-0.3, -0.25) is 9.59 Å². The topological polar surface area (TPSA) is 67.2 Å². The van der Waals surface area contributed by atoms with Gasteiger partial charge in [0.1, 0.15) is 5.82 Å². The molecule has 0 unspecified atom stereocenters. The number of hydrogen-bond acceptors (Lipinski definition) is 3. The number of anilines is 1. The van der Waals surface area contributed by atoms with Gasteiger partial charge in [-0.05, 0) is 62.2 Å². The first-order chi connectivity index (χ1) is 14.9. The highest BCUT2D eigenvalue weighted by Crippen LogP contribution is 2.22. The highest BCUT2D eigenvalue weighted by molar-refractivity contribution is 5.95. The van der Waals surface area contributed by atoms with E-state index in [1.807, 2.05) is 38.1 Å². The van der Waals surface area contributed by atoms with Crippen LogP contribution in [-0.2, 0) is 22.6 Å². The summed E-state index contributed by atoms with van der Waals surface area (Å²) in [6.45, 7) is 4.95. The van der Waals surface area contributed by atoms with Crippen LogP contribution in [0.3, 0.4) is 0 Å². The van der Waals surface area contributed by atoms with Crippen LogP contribution in [0.1, 0.15) is 35.4 Å². The summed E-state index contributed by atoms with van der Waals surface area (Å²) >= 11 is 0. The minimum Gasteiger partial charge on any atom is -0.352 e. The molecule has 1 aliphatic rings. The van der Waals surface area contributed by atoms with Crippen LogP contribution in [0, 0.1) is 19.7 Å². The van der Waals surface area contributed by atoms with Crippen LogP contribution in [0.2, 0.25) is 0 Å². The molecule has 2 heterocycles. The van der Waals surface area contributed by atoms with Gasteiger partial charge in [0.25, 0.3) is 0 Å². The predicted octanol–water partition coefficient (Wildman–Crippen LogP) is 3.61. The first kappa shape index (κ1) is 20.8. The van der Waals surface area contributed by atoms with Gasteiger partial charge in [0.05, 0.1) is 17.8 Å². The van der Waals surface area contributed by atoms with E-state index >= 15 is 0 Å². The van der Waals surface area contributed by atoms with E-state index in [1.54, 1.807) is 21.7 Å². The maximum atomic E-state index is 13.2. The lowest BCUT2D eigenvalue weighted by Gasteiger charge is -2.16. The second-order valence-electron chi connectivity index (χ2n) is 7.81. The fourth-order valence-electron chi connectivity index (χ4n) is 3.90. The van der Waals surface area contributed by atoms with Crippen molar-refractivity contribution in [1.29, 1.82) is 0 Å². The van der Waals surface area contributed by atoms with Gasteiger partial charge in [0.15, 0.2) is 0 Å². The molecule has 3 aromatic rings. The molecule has 1 saturated heterocycles.